The molecule has 1 aliphatic heterocycles. The van der Waals surface area contributed by atoms with E-state index in [1.165, 1.54) is 0 Å². The molecule has 0 aromatic carbocycles. The number of ether oxygens (including phenoxy) is 1. The lowest BCUT2D eigenvalue weighted by Crippen LogP contribution is -2.50. The summed E-state index contributed by atoms with van der Waals surface area (Å²) in [5.74, 6) is -0.752. The molecule has 0 aliphatic carbocycles. The summed E-state index contributed by atoms with van der Waals surface area (Å²) in [4.78, 5) is 11.7. The second kappa shape index (κ2) is 5.69. The van der Waals surface area contributed by atoms with Gasteiger partial charge in [-0.25, -0.2) is 5.01 Å². The molecule has 1 rings (SSSR count). The normalized spacial score (nSPS) is 19.6. The van der Waals surface area contributed by atoms with E-state index >= 15 is 0 Å². The highest BCUT2D eigenvalue weighted by Crippen LogP contribution is 2.09. The van der Waals surface area contributed by atoms with E-state index in [9.17, 15) is 4.79 Å². The Morgan fingerprint density at radius 1 is 1.47 bits per heavy atom. The number of rotatable bonds is 3. The summed E-state index contributed by atoms with van der Waals surface area (Å²) in [6.07, 6.45) is 0. The first-order valence-electron chi connectivity index (χ1n) is 5.18. The average Bonchev–Trinajstić information content (AvgIpc) is 2.19. The molecule has 0 saturated carbocycles. The Morgan fingerprint density at radius 2 is 2.07 bits per heavy atom. The zero-order chi connectivity index (χ0) is 11.3. The van der Waals surface area contributed by atoms with E-state index in [2.05, 4.69) is 5.43 Å². The number of nitrogens with zero attached hydrogens (tertiary/aromatic N) is 2. The number of hydrazine groups is 1. The van der Waals surface area contributed by atoms with Gasteiger partial charge in [-0.05, 0) is 5.92 Å². The van der Waals surface area contributed by atoms with Gasteiger partial charge in [-0.3, -0.25) is 10.2 Å². The van der Waals surface area contributed by atoms with Crippen molar-refractivity contribution in [2.24, 2.45) is 11.8 Å². The third-order valence-corrected chi connectivity index (χ3v) is 2.37. The van der Waals surface area contributed by atoms with Crippen LogP contribution >= 0.6 is 0 Å². The van der Waals surface area contributed by atoms with Gasteiger partial charge < -0.3 is 4.74 Å². The number of nitriles is 1. The number of hydrogen-bond donors (Lipinski definition) is 1. The maximum Gasteiger partial charge on any atom is 0.251 e. The van der Waals surface area contributed by atoms with Crippen LogP contribution in [0, 0.1) is 23.2 Å². The van der Waals surface area contributed by atoms with Gasteiger partial charge in [-0.1, -0.05) is 13.8 Å². The molecule has 1 fully saturated rings. The van der Waals surface area contributed by atoms with Gasteiger partial charge in [0.2, 0.25) is 0 Å². The monoisotopic (exact) mass is 211 g/mol. The van der Waals surface area contributed by atoms with E-state index in [1.54, 1.807) is 5.01 Å². The highest BCUT2D eigenvalue weighted by atomic mass is 16.5. The maximum absolute atomic E-state index is 11.7. The summed E-state index contributed by atoms with van der Waals surface area (Å²) in [6.45, 7) is 6.35. The number of carbonyl (C=O) groups excluding carboxylic acids is 1. The fourth-order valence-corrected chi connectivity index (χ4v) is 1.41. The molecule has 1 amide bonds. The van der Waals surface area contributed by atoms with Crippen molar-refractivity contribution < 1.29 is 9.53 Å². The largest absolute Gasteiger partial charge is 0.379 e. The summed E-state index contributed by atoms with van der Waals surface area (Å²) < 4.78 is 5.16. The van der Waals surface area contributed by atoms with Crippen LogP contribution in [0.5, 0.6) is 0 Å². The summed E-state index contributed by atoms with van der Waals surface area (Å²) in [6, 6.07) is 2.02. The molecule has 0 radical (unpaired) electrons. The zero-order valence-corrected chi connectivity index (χ0v) is 9.19. The number of carbonyl (C=O) groups is 1. The highest BCUT2D eigenvalue weighted by Gasteiger charge is 2.23. The van der Waals surface area contributed by atoms with Crippen LogP contribution in [0.3, 0.4) is 0 Å². The van der Waals surface area contributed by atoms with E-state index in [0.717, 1.165) is 0 Å². The van der Waals surface area contributed by atoms with Gasteiger partial charge in [0.25, 0.3) is 5.91 Å². The van der Waals surface area contributed by atoms with Crippen LogP contribution in [-0.2, 0) is 9.53 Å². The van der Waals surface area contributed by atoms with Gasteiger partial charge in [0.15, 0.2) is 0 Å². The molecule has 0 spiro atoms. The number of hydrogen-bond acceptors (Lipinski definition) is 4. The highest BCUT2D eigenvalue weighted by molar-refractivity contribution is 5.80. The van der Waals surface area contributed by atoms with Crippen molar-refractivity contribution in [2.75, 3.05) is 26.3 Å². The van der Waals surface area contributed by atoms with Crippen LogP contribution in [0.25, 0.3) is 0 Å². The second-order valence-corrected chi connectivity index (χ2v) is 3.93. The summed E-state index contributed by atoms with van der Waals surface area (Å²) in [5.41, 5.74) is 2.74. The molecule has 1 N–H and O–H groups in total. The third-order valence-electron chi connectivity index (χ3n) is 2.37. The molecule has 5 heteroatoms. The zero-order valence-electron chi connectivity index (χ0n) is 9.19. The van der Waals surface area contributed by atoms with E-state index in [4.69, 9.17) is 10.00 Å². The predicted molar refractivity (Wildman–Crippen MR) is 54.5 cm³/mol. The van der Waals surface area contributed by atoms with Gasteiger partial charge in [-0.15, -0.1) is 0 Å². The number of nitrogens with one attached hydrogen (secondary N) is 1. The Bertz CT molecular complexity index is 254. The average molecular weight is 211 g/mol. The molecule has 1 unspecified atom stereocenters. The fraction of sp³-hybridized carbons (Fsp3) is 0.800. The predicted octanol–water partition coefficient (Wildman–Crippen LogP) is 0.146. The standard InChI is InChI=1S/C10H17N3O2/c1-8(2)9(7-11)10(14)12-13-3-5-15-6-4-13/h8-9H,3-6H2,1-2H3,(H,12,14). The Hall–Kier alpha value is -1.12. The molecule has 1 atom stereocenters. The Kier molecular flexibility index (Phi) is 4.53. The first kappa shape index (κ1) is 12.0. The molecule has 0 aromatic heterocycles. The van der Waals surface area contributed by atoms with Gasteiger partial charge in [0.1, 0.15) is 5.92 Å². The van der Waals surface area contributed by atoms with E-state index in [-0.39, 0.29) is 11.8 Å². The second-order valence-electron chi connectivity index (χ2n) is 3.93. The minimum Gasteiger partial charge on any atom is -0.379 e. The molecule has 15 heavy (non-hydrogen) atoms. The van der Waals surface area contributed by atoms with Gasteiger partial charge in [0, 0.05) is 13.1 Å². The first-order chi connectivity index (χ1) is 7.15. The SMILES string of the molecule is CC(C)C(C#N)C(=O)NN1CCOCC1. The molecular weight excluding hydrogens is 194 g/mol. The molecular formula is C10H17N3O2. The van der Waals surface area contributed by atoms with Crippen LogP contribution in [0.2, 0.25) is 0 Å². The van der Waals surface area contributed by atoms with Gasteiger partial charge in [-0.2, -0.15) is 5.26 Å². The van der Waals surface area contributed by atoms with Crippen molar-refractivity contribution in [3.63, 3.8) is 0 Å². The topological polar surface area (TPSA) is 65.4 Å². The van der Waals surface area contributed by atoms with Crippen molar-refractivity contribution in [1.29, 1.82) is 5.26 Å². The van der Waals surface area contributed by atoms with Crippen molar-refractivity contribution in [3.8, 4) is 6.07 Å². The Labute approximate surface area is 90.0 Å². The number of morpholine rings is 1. The van der Waals surface area contributed by atoms with Crippen LogP contribution in [0.4, 0.5) is 0 Å². The maximum atomic E-state index is 11.7. The lowest BCUT2D eigenvalue weighted by Gasteiger charge is -2.28. The van der Waals surface area contributed by atoms with Crippen LogP contribution < -0.4 is 5.43 Å². The molecule has 0 aromatic rings. The van der Waals surface area contributed by atoms with E-state index in [1.807, 2.05) is 19.9 Å². The van der Waals surface area contributed by atoms with Crippen molar-refractivity contribution in [1.82, 2.24) is 10.4 Å². The minimum atomic E-state index is -0.576. The Balaban J connectivity index is 2.43. The third kappa shape index (κ3) is 3.50. The fourth-order valence-electron chi connectivity index (χ4n) is 1.41. The van der Waals surface area contributed by atoms with Crippen molar-refractivity contribution in [2.45, 2.75) is 13.8 Å². The molecule has 84 valence electrons. The lowest BCUT2D eigenvalue weighted by molar-refractivity contribution is -0.131. The van der Waals surface area contributed by atoms with E-state index in [0.29, 0.717) is 26.3 Å². The van der Waals surface area contributed by atoms with Crippen LogP contribution in [0.15, 0.2) is 0 Å². The molecule has 5 nitrogen and oxygen atoms in total. The minimum absolute atomic E-state index is 0.0380. The Morgan fingerprint density at radius 3 is 2.53 bits per heavy atom. The molecule has 1 saturated heterocycles. The summed E-state index contributed by atoms with van der Waals surface area (Å²) in [5, 5.41) is 10.6. The first-order valence-corrected chi connectivity index (χ1v) is 5.18. The summed E-state index contributed by atoms with van der Waals surface area (Å²) in [7, 11) is 0. The van der Waals surface area contributed by atoms with Crippen molar-refractivity contribution in [3.05, 3.63) is 0 Å². The van der Waals surface area contributed by atoms with Crippen molar-refractivity contribution >= 4 is 5.91 Å². The summed E-state index contributed by atoms with van der Waals surface area (Å²) >= 11 is 0. The van der Waals surface area contributed by atoms with Crippen LogP contribution in [-0.4, -0.2) is 37.2 Å². The van der Waals surface area contributed by atoms with Crippen LogP contribution in [0.1, 0.15) is 13.8 Å². The van der Waals surface area contributed by atoms with Gasteiger partial charge in [0.05, 0.1) is 19.3 Å². The van der Waals surface area contributed by atoms with Gasteiger partial charge >= 0.3 is 0 Å². The molecule has 1 aliphatic rings. The number of amides is 1. The molecule has 1 heterocycles. The van der Waals surface area contributed by atoms with E-state index < -0.39 is 5.92 Å². The molecule has 0 bridgehead atoms. The quantitative estimate of drug-likeness (QED) is 0.721. The smallest absolute Gasteiger partial charge is 0.251 e. The lowest BCUT2D eigenvalue weighted by atomic mass is 9.97.